The molecule has 0 saturated carbocycles. The van der Waals surface area contributed by atoms with Gasteiger partial charge in [-0.2, -0.15) is 0 Å². The second-order valence-corrected chi connectivity index (χ2v) is 18.2. The molecule has 0 aromatic heterocycles. The zero-order valence-corrected chi connectivity index (χ0v) is 40.8. The van der Waals surface area contributed by atoms with Crippen LogP contribution < -0.4 is 5.32 Å². The zero-order chi connectivity index (χ0) is 44.5. The monoisotopic (exact) mass is 858 g/mol. The summed E-state index contributed by atoms with van der Waals surface area (Å²) in [4.78, 5) is 26.2. The Morgan fingerprint density at radius 3 is 1.34 bits per heavy atom. The van der Waals surface area contributed by atoms with Crippen LogP contribution in [0.4, 0.5) is 0 Å². The van der Waals surface area contributed by atoms with E-state index in [1.807, 2.05) is 0 Å². The van der Waals surface area contributed by atoms with Crippen LogP contribution in [0.1, 0.15) is 278 Å². The molecule has 3 atom stereocenters. The van der Waals surface area contributed by atoms with Crippen LogP contribution >= 0.6 is 0 Å². The molecule has 0 radical (unpaired) electrons. The first-order valence-corrected chi connectivity index (χ1v) is 26.7. The minimum atomic E-state index is -0.791. The van der Waals surface area contributed by atoms with Crippen LogP contribution in [0.15, 0.2) is 36.5 Å². The SMILES string of the molecule is CC/C=C/C/C=C/CCCCCCCC(CC(=O)NC(CO)C(O)CCCCCCCCCCCCCCCC)OC(=O)CCCCCCC/C=C/CCCCCCCCC. The number of allylic oxidation sites excluding steroid dienone is 6. The van der Waals surface area contributed by atoms with E-state index in [1.165, 1.54) is 148 Å². The summed E-state index contributed by atoms with van der Waals surface area (Å²) in [5.41, 5.74) is 0. The van der Waals surface area contributed by atoms with Crippen molar-refractivity contribution in [1.82, 2.24) is 5.32 Å². The van der Waals surface area contributed by atoms with Gasteiger partial charge in [-0.25, -0.2) is 0 Å². The largest absolute Gasteiger partial charge is 0.462 e. The molecule has 0 aliphatic carbocycles. The second-order valence-electron chi connectivity index (χ2n) is 18.2. The predicted octanol–water partition coefficient (Wildman–Crippen LogP) is 16.1. The number of hydrogen-bond acceptors (Lipinski definition) is 5. The lowest BCUT2D eigenvalue weighted by molar-refractivity contribution is -0.151. The summed E-state index contributed by atoms with van der Waals surface area (Å²) in [5, 5.41) is 23.8. The van der Waals surface area contributed by atoms with E-state index in [1.54, 1.807) is 0 Å². The van der Waals surface area contributed by atoms with Crippen LogP contribution in [-0.2, 0) is 14.3 Å². The number of carbonyl (C=O) groups is 2. The Kier molecular flexibility index (Phi) is 47.6. The van der Waals surface area contributed by atoms with E-state index in [-0.39, 0.29) is 24.9 Å². The number of nitrogens with one attached hydrogen (secondary N) is 1. The normalized spacial score (nSPS) is 13.5. The smallest absolute Gasteiger partial charge is 0.306 e. The Labute approximate surface area is 379 Å². The number of amides is 1. The lowest BCUT2D eigenvalue weighted by Crippen LogP contribution is -2.46. The molecule has 0 spiro atoms. The van der Waals surface area contributed by atoms with Gasteiger partial charge in [-0.3, -0.25) is 9.59 Å². The van der Waals surface area contributed by atoms with Crippen molar-refractivity contribution in [3.63, 3.8) is 0 Å². The van der Waals surface area contributed by atoms with E-state index in [0.717, 1.165) is 83.5 Å². The summed E-state index contributed by atoms with van der Waals surface area (Å²) in [7, 11) is 0. The maximum atomic E-state index is 13.2. The van der Waals surface area contributed by atoms with Crippen molar-refractivity contribution >= 4 is 11.9 Å². The highest BCUT2D eigenvalue weighted by atomic mass is 16.5. The van der Waals surface area contributed by atoms with Crippen LogP contribution in [0.2, 0.25) is 0 Å². The van der Waals surface area contributed by atoms with Gasteiger partial charge in [0, 0.05) is 6.42 Å². The Bertz CT molecular complexity index is 1010. The Balaban J connectivity index is 4.54. The highest BCUT2D eigenvalue weighted by molar-refractivity contribution is 5.77. The Hall–Kier alpha value is -1.92. The molecular formula is C55H103NO5. The molecule has 0 bridgehead atoms. The molecule has 3 N–H and O–H groups in total. The van der Waals surface area contributed by atoms with Gasteiger partial charge in [0.25, 0.3) is 0 Å². The third-order valence-electron chi connectivity index (χ3n) is 12.2. The molecule has 0 aromatic rings. The molecule has 0 aliphatic heterocycles. The summed E-state index contributed by atoms with van der Waals surface area (Å²) in [6.07, 6.45) is 57.8. The van der Waals surface area contributed by atoms with Crippen molar-refractivity contribution in [3.05, 3.63) is 36.5 Å². The van der Waals surface area contributed by atoms with Gasteiger partial charge in [0.05, 0.1) is 25.2 Å². The van der Waals surface area contributed by atoms with Crippen molar-refractivity contribution in [2.75, 3.05) is 6.61 Å². The fourth-order valence-electron chi connectivity index (χ4n) is 8.17. The van der Waals surface area contributed by atoms with E-state index in [9.17, 15) is 19.8 Å². The van der Waals surface area contributed by atoms with Crippen LogP contribution in [0.25, 0.3) is 0 Å². The average Bonchev–Trinajstić information content (AvgIpc) is 3.25. The molecule has 0 saturated heterocycles. The zero-order valence-electron chi connectivity index (χ0n) is 40.8. The van der Waals surface area contributed by atoms with Crippen LogP contribution in [0.3, 0.4) is 0 Å². The lowest BCUT2D eigenvalue weighted by atomic mass is 10.0. The molecule has 0 heterocycles. The van der Waals surface area contributed by atoms with E-state index in [4.69, 9.17) is 4.74 Å². The first kappa shape index (κ1) is 59.1. The van der Waals surface area contributed by atoms with Gasteiger partial charge in [-0.15, -0.1) is 0 Å². The third-order valence-corrected chi connectivity index (χ3v) is 12.2. The number of carbonyl (C=O) groups excluding carboxylic acids is 2. The third kappa shape index (κ3) is 44.5. The van der Waals surface area contributed by atoms with Crippen LogP contribution in [-0.4, -0.2) is 46.9 Å². The van der Waals surface area contributed by atoms with Gasteiger partial charge in [0.1, 0.15) is 6.10 Å². The first-order valence-electron chi connectivity index (χ1n) is 26.7. The Morgan fingerprint density at radius 1 is 0.492 bits per heavy atom. The molecular weight excluding hydrogens is 755 g/mol. The molecule has 6 nitrogen and oxygen atoms in total. The summed E-state index contributed by atoms with van der Waals surface area (Å²) in [6.45, 7) is 6.39. The number of aliphatic hydroxyl groups is 2. The van der Waals surface area contributed by atoms with Gasteiger partial charge in [-0.1, -0.05) is 224 Å². The molecule has 0 aromatic carbocycles. The molecule has 0 rings (SSSR count). The van der Waals surface area contributed by atoms with Crippen LogP contribution in [0.5, 0.6) is 0 Å². The number of unbranched alkanes of at least 4 members (excludes halogenated alkanes) is 30. The number of rotatable bonds is 48. The van der Waals surface area contributed by atoms with Gasteiger partial charge in [0.15, 0.2) is 0 Å². The first-order chi connectivity index (χ1) is 30.0. The summed E-state index contributed by atoms with van der Waals surface area (Å²) >= 11 is 0. The highest BCUT2D eigenvalue weighted by Crippen LogP contribution is 2.18. The summed E-state index contributed by atoms with van der Waals surface area (Å²) in [5.74, 6) is -0.489. The number of hydrogen-bond donors (Lipinski definition) is 3. The lowest BCUT2D eigenvalue weighted by Gasteiger charge is -2.24. The maximum absolute atomic E-state index is 13.2. The fourth-order valence-corrected chi connectivity index (χ4v) is 8.17. The predicted molar refractivity (Wildman–Crippen MR) is 264 cm³/mol. The second kappa shape index (κ2) is 49.1. The van der Waals surface area contributed by atoms with Crippen molar-refractivity contribution in [2.45, 2.75) is 296 Å². The van der Waals surface area contributed by atoms with Crippen molar-refractivity contribution < 1.29 is 24.5 Å². The molecule has 3 unspecified atom stereocenters. The van der Waals surface area contributed by atoms with Crippen LogP contribution in [0, 0.1) is 0 Å². The minimum Gasteiger partial charge on any atom is -0.462 e. The number of esters is 1. The summed E-state index contributed by atoms with van der Waals surface area (Å²) < 4.78 is 5.93. The molecule has 0 aliphatic rings. The van der Waals surface area contributed by atoms with E-state index in [2.05, 4.69) is 62.5 Å². The Morgan fingerprint density at radius 2 is 0.885 bits per heavy atom. The highest BCUT2D eigenvalue weighted by Gasteiger charge is 2.24. The maximum Gasteiger partial charge on any atom is 0.306 e. The fraction of sp³-hybridized carbons (Fsp3) is 0.855. The number of aliphatic hydroxyl groups excluding tert-OH is 2. The standard InChI is InChI=1S/C55H103NO5/c1-4-7-10-13-16-19-22-25-27-28-30-33-36-39-42-45-48-55(60)61-51(46-43-40-37-34-31-24-21-18-15-12-9-6-3)49-54(59)56-52(50-57)53(58)47-44-41-38-35-32-29-26-23-20-17-14-11-8-5-2/h9,12,18,21,27-28,51-53,57-58H,4-8,10-11,13-17,19-20,22-26,29-50H2,1-3H3,(H,56,59)/b12-9+,21-18+,28-27+. The molecule has 61 heavy (non-hydrogen) atoms. The van der Waals surface area contributed by atoms with Crippen molar-refractivity contribution in [1.29, 1.82) is 0 Å². The van der Waals surface area contributed by atoms with E-state index >= 15 is 0 Å². The molecule has 6 heteroatoms. The van der Waals surface area contributed by atoms with E-state index < -0.39 is 18.2 Å². The number of ether oxygens (including phenoxy) is 1. The summed E-state index contributed by atoms with van der Waals surface area (Å²) in [6, 6.07) is -0.705. The molecule has 1 amide bonds. The van der Waals surface area contributed by atoms with Gasteiger partial charge in [-0.05, 0) is 77.0 Å². The average molecular weight is 858 g/mol. The quantitative estimate of drug-likeness (QED) is 0.0322. The van der Waals surface area contributed by atoms with Crippen molar-refractivity contribution in [2.24, 2.45) is 0 Å². The van der Waals surface area contributed by atoms with E-state index in [0.29, 0.717) is 19.3 Å². The van der Waals surface area contributed by atoms with Gasteiger partial charge in [0.2, 0.25) is 5.91 Å². The molecule has 0 fully saturated rings. The van der Waals surface area contributed by atoms with Gasteiger partial charge < -0.3 is 20.3 Å². The molecule has 358 valence electrons. The minimum absolute atomic E-state index is 0.0670. The topological polar surface area (TPSA) is 95.9 Å². The van der Waals surface area contributed by atoms with Crippen molar-refractivity contribution in [3.8, 4) is 0 Å². The van der Waals surface area contributed by atoms with Gasteiger partial charge >= 0.3 is 5.97 Å².